The minimum absolute atomic E-state index is 0.0175. The first kappa shape index (κ1) is 18.8. The van der Waals surface area contributed by atoms with Gasteiger partial charge < -0.3 is 5.73 Å². The van der Waals surface area contributed by atoms with E-state index in [-0.39, 0.29) is 17.6 Å². The maximum atomic E-state index is 12.3. The summed E-state index contributed by atoms with van der Waals surface area (Å²) in [5, 5.41) is 6.88. The fraction of sp³-hybridized carbons (Fsp3) is 0.0909. The maximum absolute atomic E-state index is 12.3. The van der Waals surface area contributed by atoms with E-state index in [0.717, 1.165) is 16.8 Å². The van der Waals surface area contributed by atoms with Crippen molar-refractivity contribution in [3.63, 3.8) is 0 Å². The zero-order chi connectivity index (χ0) is 20.2. The fourth-order valence-corrected chi connectivity index (χ4v) is 3.31. The first-order valence-corrected chi connectivity index (χ1v) is 9.46. The molecule has 144 valence electrons. The van der Waals surface area contributed by atoms with E-state index in [1.54, 1.807) is 23.2 Å². The molecule has 3 aromatic rings. The Hall–Kier alpha value is -3.51. The van der Waals surface area contributed by atoms with E-state index in [0.29, 0.717) is 11.6 Å². The normalized spacial score (nSPS) is 16.6. The van der Waals surface area contributed by atoms with Crippen LogP contribution in [0.25, 0.3) is 0 Å². The molecule has 4 rings (SSSR count). The summed E-state index contributed by atoms with van der Waals surface area (Å²) in [6.07, 6.45) is 1.54. The molecule has 0 spiro atoms. The lowest BCUT2D eigenvalue weighted by Crippen LogP contribution is -2.33. The highest BCUT2D eigenvalue weighted by molar-refractivity contribution is 6.30. The average molecular weight is 404 g/mol. The zero-order valence-corrected chi connectivity index (χ0v) is 16.2. The first-order chi connectivity index (χ1) is 14.1. The number of hydrogen-bond acceptors (Lipinski definition) is 3. The van der Waals surface area contributed by atoms with Crippen molar-refractivity contribution in [1.82, 2.24) is 9.99 Å². The van der Waals surface area contributed by atoms with E-state index in [4.69, 9.17) is 17.3 Å². The van der Waals surface area contributed by atoms with Crippen molar-refractivity contribution in [3.05, 3.63) is 101 Å². The molecule has 0 radical (unpaired) electrons. The molecular formula is C22H18ClN5O. The highest BCUT2D eigenvalue weighted by atomic mass is 35.5. The number of aliphatic imine (C=N–C) groups is 1. The summed E-state index contributed by atoms with van der Waals surface area (Å²) in [7, 11) is 0. The second-order valence-electron chi connectivity index (χ2n) is 6.53. The second-order valence-corrected chi connectivity index (χ2v) is 6.96. The number of benzene rings is 2. The molecule has 1 unspecified atom stereocenters. The number of aromatic nitrogens is 1. The van der Waals surface area contributed by atoms with Gasteiger partial charge in [0.05, 0.1) is 12.3 Å². The Balaban J connectivity index is 1.66. The van der Waals surface area contributed by atoms with Crippen LogP contribution < -0.4 is 5.73 Å². The van der Waals surface area contributed by atoms with Crippen molar-refractivity contribution in [2.45, 2.75) is 5.92 Å². The molecule has 1 atom stereocenters. The summed E-state index contributed by atoms with van der Waals surface area (Å²) in [4.78, 5) is 20.3. The van der Waals surface area contributed by atoms with Gasteiger partial charge in [0.1, 0.15) is 5.69 Å². The summed E-state index contributed by atoms with van der Waals surface area (Å²) in [6.45, 7) is 0.479. The lowest BCUT2D eigenvalue weighted by molar-refractivity contribution is 0.0996. The Labute approximate surface area is 173 Å². The molecule has 2 N–H and O–H groups in total. The molecule has 6 nitrogen and oxygen atoms in total. The third kappa shape index (κ3) is 4.17. The van der Waals surface area contributed by atoms with E-state index in [9.17, 15) is 4.79 Å². The minimum Gasteiger partial charge on any atom is -0.368 e. The number of carbonyl (C=O) groups excluding carboxylic acids is 1. The Morgan fingerprint density at radius 2 is 1.76 bits per heavy atom. The van der Waals surface area contributed by atoms with Gasteiger partial charge in [-0.25, -0.2) is 5.01 Å². The Bertz CT molecular complexity index is 1070. The van der Waals surface area contributed by atoms with Crippen LogP contribution in [0, 0.1) is 0 Å². The number of pyridine rings is 1. The number of amides is 1. The number of hydrogen-bond donors (Lipinski definition) is 1. The van der Waals surface area contributed by atoms with Gasteiger partial charge in [-0.3, -0.25) is 9.78 Å². The molecule has 1 aliphatic rings. The van der Waals surface area contributed by atoms with Crippen molar-refractivity contribution in [2.24, 2.45) is 15.8 Å². The summed E-state index contributed by atoms with van der Waals surface area (Å²) in [6, 6.07) is 22.6. The second kappa shape index (κ2) is 8.24. The molecule has 29 heavy (non-hydrogen) atoms. The van der Waals surface area contributed by atoms with Crippen LogP contribution in [0.15, 0.2) is 89.1 Å². The van der Waals surface area contributed by atoms with E-state index in [2.05, 4.69) is 15.1 Å². The van der Waals surface area contributed by atoms with Crippen molar-refractivity contribution < 1.29 is 4.79 Å². The Morgan fingerprint density at radius 1 is 1.03 bits per heavy atom. The molecule has 0 fully saturated rings. The summed E-state index contributed by atoms with van der Waals surface area (Å²) >= 11 is 6.03. The number of rotatable bonds is 3. The van der Waals surface area contributed by atoms with Gasteiger partial charge >= 0.3 is 0 Å². The van der Waals surface area contributed by atoms with Crippen LogP contribution in [-0.4, -0.2) is 34.1 Å². The lowest BCUT2D eigenvalue weighted by Gasteiger charge is -2.15. The van der Waals surface area contributed by atoms with E-state index < -0.39 is 5.91 Å². The number of hydrazone groups is 1. The van der Waals surface area contributed by atoms with Gasteiger partial charge in [-0.1, -0.05) is 60.1 Å². The van der Waals surface area contributed by atoms with Crippen LogP contribution in [0.1, 0.15) is 27.5 Å². The molecule has 1 amide bonds. The van der Waals surface area contributed by atoms with Crippen molar-refractivity contribution in [2.75, 3.05) is 6.54 Å². The standard InChI is InChI=1S/C22H18ClN5O/c23-17-11-9-16(10-12-17)20-18(15-6-2-1-3-7-15)14-28(27-20)22(24)26-21(29)19-8-4-5-13-25-19/h1-13,18H,14H2,(H2,24,26,29). The molecule has 7 heteroatoms. The van der Waals surface area contributed by atoms with E-state index >= 15 is 0 Å². The Kier molecular flexibility index (Phi) is 5.35. The summed E-state index contributed by atoms with van der Waals surface area (Å²) in [5.41, 5.74) is 9.24. The van der Waals surface area contributed by atoms with Gasteiger partial charge in [0.25, 0.3) is 5.91 Å². The monoisotopic (exact) mass is 403 g/mol. The number of guanidine groups is 1. The number of nitrogens with zero attached hydrogens (tertiary/aromatic N) is 4. The molecule has 1 aromatic heterocycles. The molecule has 2 aromatic carbocycles. The molecule has 0 saturated heterocycles. The van der Waals surface area contributed by atoms with E-state index in [1.165, 1.54) is 6.20 Å². The van der Waals surface area contributed by atoms with Crippen molar-refractivity contribution in [1.29, 1.82) is 0 Å². The number of carbonyl (C=O) groups is 1. The van der Waals surface area contributed by atoms with Crippen LogP contribution >= 0.6 is 11.6 Å². The topological polar surface area (TPSA) is 83.9 Å². The third-order valence-electron chi connectivity index (χ3n) is 4.62. The van der Waals surface area contributed by atoms with Gasteiger partial charge in [-0.2, -0.15) is 10.1 Å². The highest BCUT2D eigenvalue weighted by Crippen LogP contribution is 2.29. The quantitative estimate of drug-likeness (QED) is 0.534. The summed E-state index contributed by atoms with van der Waals surface area (Å²) in [5.74, 6) is -0.490. The molecule has 1 aliphatic heterocycles. The van der Waals surface area contributed by atoms with Crippen molar-refractivity contribution >= 4 is 29.2 Å². The fourth-order valence-electron chi connectivity index (χ4n) is 3.18. The lowest BCUT2D eigenvalue weighted by atomic mass is 9.91. The maximum Gasteiger partial charge on any atom is 0.298 e. The SMILES string of the molecule is NC(=NC(=O)c1ccccn1)N1CC(c2ccccc2)C(c2ccc(Cl)cc2)=N1. The van der Waals surface area contributed by atoms with Crippen LogP contribution in [0.4, 0.5) is 0 Å². The zero-order valence-electron chi connectivity index (χ0n) is 15.4. The van der Waals surface area contributed by atoms with E-state index in [1.807, 2.05) is 54.6 Å². The molecule has 0 bridgehead atoms. The molecule has 0 aliphatic carbocycles. The molecular weight excluding hydrogens is 386 g/mol. The smallest absolute Gasteiger partial charge is 0.298 e. The van der Waals surface area contributed by atoms with Crippen LogP contribution in [-0.2, 0) is 0 Å². The van der Waals surface area contributed by atoms with Crippen LogP contribution in [0.2, 0.25) is 5.02 Å². The van der Waals surface area contributed by atoms with Gasteiger partial charge in [0.15, 0.2) is 0 Å². The van der Waals surface area contributed by atoms with Crippen LogP contribution in [0.5, 0.6) is 0 Å². The largest absolute Gasteiger partial charge is 0.368 e. The minimum atomic E-state index is -0.505. The van der Waals surface area contributed by atoms with Crippen molar-refractivity contribution in [3.8, 4) is 0 Å². The van der Waals surface area contributed by atoms with Gasteiger partial charge in [0, 0.05) is 17.1 Å². The number of halogens is 1. The van der Waals surface area contributed by atoms with Crippen LogP contribution in [0.3, 0.4) is 0 Å². The predicted octanol–water partition coefficient (Wildman–Crippen LogP) is 3.69. The highest BCUT2D eigenvalue weighted by Gasteiger charge is 2.31. The van der Waals surface area contributed by atoms with Gasteiger partial charge in [0.2, 0.25) is 5.96 Å². The first-order valence-electron chi connectivity index (χ1n) is 9.08. The summed E-state index contributed by atoms with van der Waals surface area (Å²) < 4.78 is 0. The predicted molar refractivity (Wildman–Crippen MR) is 114 cm³/mol. The molecule has 0 saturated carbocycles. The number of nitrogens with two attached hydrogens (primary N) is 1. The van der Waals surface area contributed by atoms with Gasteiger partial charge in [-0.05, 0) is 35.4 Å². The Morgan fingerprint density at radius 3 is 2.45 bits per heavy atom. The third-order valence-corrected chi connectivity index (χ3v) is 4.87. The van der Waals surface area contributed by atoms with Gasteiger partial charge in [-0.15, -0.1) is 0 Å². The average Bonchev–Trinajstić information content (AvgIpc) is 3.21. The molecule has 2 heterocycles.